The van der Waals surface area contributed by atoms with Crippen LogP contribution in [-0.4, -0.2) is 29.8 Å². The summed E-state index contributed by atoms with van der Waals surface area (Å²) in [6.07, 6.45) is 4.94. The normalized spacial score (nSPS) is 20.8. The predicted molar refractivity (Wildman–Crippen MR) is 106 cm³/mol. The molecule has 0 unspecified atom stereocenters. The Morgan fingerprint density at radius 3 is 2.68 bits per heavy atom. The van der Waals surface area contributed by atoms with Gasteiger partial charge in [0.2, 0.25) is 5.91 Å². The van der Waals surface area contributed by atoms with Crippen LogP contribution in [0.25, 0.3) is 0 Å². The van der Waals surface area contributed by atoms with Gasteiger partial charge in [0.15, 0.2) is 0 Å². The zero-order valence-corrected chi connectivity index (χ0v) is 16.2. The third-order valence-electron chi connectivity index (χ3n) is 6.45. The molecule has 0 bridgehead atoms. The zero-order chi connectivity index (χ0) is 19.9. The molecule has 1 spiro atoms. The summed E-state index contributed by atoms with van der Waals surface area (Å²) in [6.45, 7) is 7.13. The van der Waals surface area contributed by atoms with E-state index >= 15 is 0 Å². The van der Waals surface area contributed by atoms with Crippen LogP contribution in [0.1, 0.15) is 51.0 Å². The number of amides is 2. The van der Waals surface area contributed by atoms with Crippen LogP contribution in [0.4, 0.5) is 10.1 Å². The highest BCUT2D eigenvalue weighted by Gasteiger charge is 2.50. The smallest absolute Gasteiger partial charge is 0.252 e. The first-order chi connectivity index (χ1) is 13.4. The molecule has 0 radical (unpaired) electrons. The summed E-state index contributed by atoms with van der Waals surface area (Å²) < 4.78 is 14.5. The predicted octanol–water partition coefficient (Wildman–Crippen LogP) is 3.59. The first-order valence-electron chi connectivity index (χ1n) is 9.97. The molecule has 4 rings (SSSR count). The molecule has 1 aliphatic carbocycles. The summed E-state index contributed by atoms with van der Waals surface area (Å²) in [4.78, 5) is 27.2. The highest BCUT2D eigenvalue weighted by atomic mass is 19.1. The number of fused-ring (bicyclic) bond motifs is 2. The van der Waals surface area contributed by atoms with Crippen LogP contribution >= 0.6 is 0 Å². The number of likely N-dealkylation sites (tertiary alicyclic amines) is 1. The molecule has 1 saturated heterocycles. The Hall–Kier alpha value is -2.63. The van der Waals surface area contributed by atoms with Crippen LogP contribution in [0.5, 0.6) is 0 Å². The van der Waals surface area contributed by atoms with E-state index in [1.807, 2.05) is 11.8 Å². The molecule has 2 N–H and O–H groups in total. The quantitative estimate of drug-likeness (QED) is 0.839. The standard InChI is InChI=1S/C22H26FN3O2/c1-14-6-3-4-7-16(14)20(27)24-15(2)26-12-10-22(11-13-26)19-17(23)8-5-9-18(19)25-21(22)28/h5,8-9H,2-4,6-7,10-13H2,1H3,(H,24,27)(H,25,28). The van der Waals surface area contributed by atoms with Gasteiger partial charge in [0.05, 0.1) is 5.41 Å². The van der Waals surface area contributed by atoms with Gasteiger partial charge in [-0.1, -0.05) is 18.2 Å². The lowest BCUT2D eigenvalue weighted by atomic mass is 9.73. The molecule has 2 amide bonds. The Labute approximate surface area is 164 Å². The Morgan fingerprint density at radius 1 is 1.25 bits per heavy atom. The van der Waals surface area contributed by atoms with Crippen LogP contribution in [0, 0.1) is 5.82 Å². The Morgan fingerprint density at radius 2 is 1.96 bits per heavy atom. The van der Waals surface area contributed by atoms with E-state index in [2.05, 4.69) is 17.2 Å². The molecule has 28 heavy (non-hydrogen) atoms. The van der Waals surface area contributed by atoms with E-state index < -0.39 is 5.41 Å². The fraction of sp³-hybridized carbons (Fsp3) is 0.455. The maximum absolute atomic E-state index is 14.5. The molecule has 0 atom stereocenters. The SMILES string of the molecule is C=C(NC(=O)C1=C(C)CCCC1)N1CCC2(CC1)C(=O)Nc1cccc(F)c12. The number of allylic oxidation sites excluding steroid dienone is 1. The lowest BCUT2D eigenvalue weighted by Crippen LogP contribution is -2.48. The lowest BCUT2D eigenvalue weighted by Gasteiger charge is -2.39. The zero-order valence-electron chi connectivity index (χ0n) is 16.2. The number of rotatable bonds is 3. The number of hydrogen-bond acceptors (Lipinski definition) is 3. The Bertz CT molecular complexity index is 882. The van der Waals surface area contributed by atoms with Crippen LogP contribution in [0.2, 0.25) is 0 Å². The molecule has 148 valence electrons. The molecule has 1 aromatic rings. The first kappa shape index (κ1) is 18.7. The minimum atomic E-state index is -0.829. The van der Waals surface area contributed by atoms with Gasteiger partial charge < -0.3 is 15.5 Å². The maximum Gasteiger partial charge on any atom is 0.252 e. The van der Waals surface area contributed by atoms with Crippen LogP contribution in [-0.2, 0) is 15.0 Å². The van der Waals surface area contributed by atoms with E-state index in [1.165, 1.54) is 6.07 Å². The van der Waals surface area contributed by atoms with E-state index in [-0.39, 0.29) is 17.6 Å². The van der Waals surface area contributed by atoms with E-state index in [9.17, 15) is 14.0 Å². The average Bonchev–Trinajstić information content (AvgIpc) is 2.95. The van der Waals surface area contributed by atoms with Crippen LogP contribution in [0.15, 0.2) is 41.7 Å². The van der Waals surface area contributed by atoms with Gasteiger partial charge in [-0.05, 0) is 57.6 Å². The molecule has 1 fully saturated rings. The minimum absolute atomic E-state index is 0.0718. The second-order valence-electron chi connectivity index (χ2n) is 8.05. The van der Waals surface area contributed by atoms with E-state index in [0.717, 1.165) is 36.8 Å². The van der Waals surface area contributed by atoms with Crippen LogP contribution < -0.4 is 10.6 Å². The third-order valence-corrected chi connectivity index (χ3v) is 6.45. The molecule has 2 aliphatic heterocycles. The molecule has 5 nitrogen and oxygen atoms in total. The summed E-state index contributed by atoms with van der Waals surface area (Å²) in [7, 11) is 0. The van der Waals surface area contributed by atoms with Crippen molar-refractivity contribution in [3.05, 3.63) is 53.1 Å². The summed E-state index contributed by atoms with van der Waals surface area (Å²) in [5.74, 6) is 0.0106. The lowest BCUT2D eigenvalue weighted by molar-refractivity contribution is -0.123. The number of nitrogens with one attached hydrogen (secondary N) is 2. The van der Waals surface area contributed by atoms with E-state index in [0.29, 0.717) is 43.0 Å². The number of hydrogen-bond donors (Lipinski definition) is 2. The van der Waals surface area contributed by atoms with Crippen molar-refractivity contribution in [2.75, 3.05) is 18.4 Å². The first-order valence-corrected chi connectivity index (χ1v) is 9.97. The van der Waals surface area contributed by atoms with Crippen molar-refractivity contribution in [1.82, 2.24) is 10.2 Å². The number of piperidine rings is 1. The third kappa shape index (κ3) is 3.01. The summed E-state index contributed by atoms with van der Waals surface area (Å²) >= 11 is 0. The second kappa shape index (κ2) is 7.08. The fourth-order valence-electron chi connectivity index (χ4n) is 4.75. The van der Waals surface area contributed by atoms with Crippen molar-refractivity contribution in [2.45, 2.75) is 50.9 Å². The number of anilines is 1. The number of halogens is 1. The molecule has 6 heteroatoms. The van der Waals surface area contributed by atoms with E-state index in [4.69, 9.17) is 0 Å². The van der Waals surface area contributed by atoms with Gasteiger partial charge in [-0.3, -0.25) is 9.59 Å². The van der Waals surface area contributed by atoms with E-state index in [1.54, 1.807) is 12.1 Å². The average molecular weight is 383 g/mol. The van der Waals surface area contributed by atoms with Gasteiger partial charge in [0, 0.05) is 29.9 Å². The Kier molecular flexibility index (Phi) is 4.73. The Balaban J connectivity index is 1.44. The number of carbonyl (C=O) groups excluding carboxylic acids is 2. The van der Waals surface area contributed by atoms with Gasteiger partial charge in [-0.2, -0.15) is 0 Å². The van der Waals surface area contributed by atoms with Crippen molar-refractivity contribution in [2.24, 2.45) is 0 Å². The molecular weight excluding hydrogens is 357 g/mol. The molecular formula is C22H26FN3O2. The minimum Gasteiger partial charge on any atom is -0.358 e. The van der Waals surface area contributed by atoms with Gasteiger partial charge >= 0.3 is 0 Å². The van der Waals surface area contributed by atoms with Gasteiger partial charge in [-0.15, -0.1) is 0 Å². The largest absolute Gasteiger partial charge is 0.358 e. The second-order valence-corrected chi connectivity index (χ2v) is 8.05. The van der Waals surface area contributed by atoms with Gasteiger partial charge in [-0.25, -0.2) is 4.39 Å². The van der Waals surface area contributed by atoms with Crippen LogP contribution in [0.3, 0.4) is 0 Å². The molecule has 0 saturated carbocycles. The summed E-state index contributed by atoms with van der Waals surface area (Å²) in [5.41, 5.74) is 2.25. The van der Waals surface area contributed by atoms with Gasteiger partial charge in [0.25, 0.3) is 5.91 Å². The molecule has 1 aromatic carbocycles. The summed E-state index contributed by atoms with van der Waals surface area (Å²) in [6, 6.07) is 4.77. The highest BCUT2D eigenvalue weighted by Crippen LogP contribution is 2.46. The molecule has 0 aromatic heterocycles. The maximum atomic E-state index is 14.5. The van der Waals surface area contributed by atoms with Crippen molar-refractivity contribution < 1.29 is 14.0 Å². The van der Waals surface area contributed by atoms with Crippen molar-refractivity contribution >= 4 is 17.5 Å². The van der Waals surface area contributed by atoms with Crippen molar-refractivity contribution in [1.29, 1.82) is 0 Å². The monoisotopic (exact) mass is 383 g/mol. The topological polar surface area (TPSA) is 61.4 Å². The van der Waals surface area contributed by atoms with Crippen molar-refractivity contribution in [3.8, 4) is 0 Å². The fourth-order valence-corrected chi connectivity index (χ4v) is 4.75. The van der Waals surface area contributed by atoms with Crippen molar-refractivity contribution in [3.63, 3.8) is 0 Å². The summed E-state index contributed by atoms with van der Waals surface area (Å²) in [5, 5.41) is 5.76. The number of benzene rings is 1. The molecule has 3 aliphatic rings. The van der Waals surface area contributed by atoms with Gasteiger partial charge in [0.1, 0.15) is 11.6 Å². The molecule has 2 heterocycles. The number of carbonyl (C=O) groups is 2. The highest BCUT2D eigenvalue weighted by molar-refractivity contribution is 6.06. The number of nitrogens with zero attached hydrogens (tertiary/aromatic N) is 1.